The van der Waals surface area contributed by atoms with Gasteiger partial charge in [0.2, 0.25) is 0 Å². The second kappa shape index (κ2) is 4.01. The molecule has 1 saturated carbocycles. The van der Waals surface area contributed by atoms with Crippen molar-refractivity contribution in [2.75, 3.05) is 11.4 Å². The van der Waals surface area contributed by atoms with Crippen LogP contribution in [0.5, 0.6) is 0 Å². The molecule has 1 fully saturated rings. The molecule has 3 nitrogen and oxygen atoms in total. The molecule has 2 unspecified atom stereocenters. The lowest BCUT2D eigenvalue weighted by molar-refractivity contribution is 0.364. The second-order valence-corrected chi connectivity index (χ2v) is 5.69. The molecule has 2 atom stereocenters. The third-order valence-electron chi connectivity index (χ3n) is 4.71. The van der Waals surface area contributed by atoms with E-state index in [0.29, 0.717) is 11.9 Å². The molecular weight excluding hydrogens is 222 g/mol. The standard InChI is InChI=1S/C15H21N3/c1-11-6-3-4-8-13(11)18-14(16)17-10-15(18)9-5-7-12(15)2/h3-4,6,8,12H,5,7,9-10H2,1-2H3,(H2,16,17). The summed E-state index contributed by atoms with van der Waals surface area (Å²) in [6, 6.07) is 8.47. The maximum absolute atomic E-state index is 6.17. The first-order chi connectivity index (χ1) is 8.65. The normalized spacial score (nSPS) is 31.1. The summed E-state index contributed by atoms with van der Waals surface area (Å²) in [6.45, 7) is 5.34. The Hall–Kier alpha value is -1.51. The van der Waals surface area contributed by atoms with Gasteiger partial charge in [0, 0.05) is 5.69 Å². The van der Waals surface area contributed by atoms with Crippen molar-refractivity contribution in [2.45, 2.75) is 38.6 Å². The van der Waals surface area contributed by atoms with Gasteiger partial charge in [-0.05, 0) is 37.3 Å². The van der Waals surface area contributed by atoms with Crippen LogP contribution in [-0.2, 0) is 0 Å². The Morgan fingerprint density at radius 1 is 1.39 bits per heavy atom. The zero-order chi connectivity index (χ0) is 12.8. The monoisotopic (exact) mass is 243 g/mol. The van der Waals surface area contributed by atoms with E-state index >= 15 is 0 Å². The van der Waals surface area contributed by atoms with Gasteiger partial charge in [0.1, 0.15) is 0 Å². The number of guanidine groups is 1. The van der Waals surface area contributed by atoms with Crippen LogP contribution in [0.15, 0.2) is 29.3 Å². The van der Waals surface area contributed by atoms with Crippen LogP contribution in [0.3, 0.4) is 0 Å². The lowest BCUT2D eigenvalue weighted by Gasteiger charge is -2.40. The molecule has 2 N–H and O–H groups in total. The van der Waals surface area contributed by atoms with E-state index in [1.54, 1.807) is 0 Å². The Labute approximate surface area is 109 Å². The van der Waals surface area contributed by atoms with Crippen molar-refractivity contribution in [3.8, 4) is 0 Å². The second-order valence-electron chi connectivity index (χ2n) is 5.69. The predicted octanol–water partition coefficient (Wildman–Crippen LogP) is 2.69. The van der Waals surface area contributed by atoms with Crippen LogP contribution in [0.2, 0.25) is 0 Å². The Morgan fingerprint density at radius 3 is 2.83 bits per heavy atom. The van der Waals surface area contributed by atoms with Crippen molar-refractivity contribution in [1.29, 1.82) is 0 Å². The van der Waals surface area contributed by atoms with Gasteiger partial charge >= 0.3 is 0 Å². The van der Waals surface area contributed by atoms with E-state index in [4.69, 9.17) is 5.73 Å². The van der Waals surface area contributed by atoms with Crippen molar-refractivity contribution in [2.24, 2.45) is 16.6 Å². The molecule has 1 aromatic rings. The van der Waals surface area contributed by atoms with Gasteiger partial charge in [-0.3, -0.25) is 4.99 Å². The fraction of sp³-hybridized carbons (Fsp3) is 0.533. The van der Waals surface area contributed by atoms with Gasteiger partial charge in [-0.1, -0.05) is 31.5 Å². The summed E-state index contributed by atoms with van der Waals surface area (Å²) >= 11 is 0. The van der Waals surface area contributed by atoms with Crippen molar-refractivity contribution in [1.82, 2.24) is 0 Å². The van der Waals surface area contributed by atoms with E-state index in [-0.39, 0.29) is 5.54 Å². The Morgan fingerprint density at radius 2 is 2.17 bits per heavy atom. The number of anilines is 1. The third kappa shape index (κ3) is 1.46. The van der Waals surface area contributed by atoms with Gasteiger partial charge in [0.05, 0.1) is 12.1 Å². The number of hydrogen-bond donors (Lipinski definition) is 1. The number of nitrogens with zero attached hydrogens (tertiary/aromatic N) is 2. The van der Waals surface area contributed by atoms with E-state index in [0.717, 1.165) is 6.54 Å². The van der Waals surface area contributed by atoms with E-state index in [1.165, 1.54) is 30.5 Å². The quantitative estimate of drug-likeness (QED) is 0.824. The smallest absolute Gasteiger partial charge is 0.196 e. The molecular formula is C15H21N3. The molecule has 3 heteroatoms. The third-order valence-corrected chi connectivity index (χ3v) is 4.71. The number of benzene rings is 1. The molecule has 18 heavy (non-hydrogen) atoms. The highest BCUT2D eigenvalue weighted by Crippen LogP contribution is 2.45. The first-order valence-corrected chi connectivity index (χ1v) is 6.81. The topological polar surface area (TPSA) is 41.6 Å². The minimum absolute atomic E-state index is 0.135. The molecule has 0 bridgehead atoms. The Bertz CT molecular complexity index is 494. The molecule has 0 saturated heterocycles. The van der Waals surface area contributed by atoms with Crippen LogP contribution in [0.1, 0.15) is 31.7 Å². The first kappa shape index (κ1) is 11.6. The molecule has 3 rings (SSSR count). The van der Waals surface area contributed by atoms with Crippen molar-refractivity contribution >= 4 is 11.6 Å². The number of para-hydroxylation sites is 1. The fourth-order valence-electron chi connectivity index (χ4n) is 3.56. The Kier molecular flexibility index (Phi) is 2.58. The van der Waals surface area contributed by atoms with Crippen LogP contribution in [-0.4, -0.2) is 18.0 Å². The largest absolute Gasteiger partial charge is 0.369 e. The lowest BCUT2D eigenvalue weighted by Crippen LogP contribution is -2.53. The van der Waals surface area contributed by atoms with E-state index in [1.807, 2.05) is 0 Å². The first-order valence-electron chi connectivity index (χ1n) is 6.81. The van der Waals surface area contributed by atoms with Crippen molar-refractivity contribution in [3.63, 3.8) is 0 Å². The molecule has 0 aromatic heterocycles. The maximum atomic E-state index is 6.17. The van der Waals surface area contributed by atoms with E-state index in [2.05, 4.69) is 48.0 Å². The average Bonchev–Trinajstić information content (AvgIpc) is 2.87. The predicted molar refractivity (Wildman–Crippen MR) is 75.9 cm³/mol. The zero-order valence-electron chi connectivity index (χ0n) is 11.2. The minimum atomic E-state index is 0.135. The number of aryl methyl sites for hydroxylation is 1. The minimum Gasteiger partial charge on any atom is -0.369 e. The van der Waals surface area contributed by atoms with Gasteiger partial charge in [0.15, 0.2) is 5.96 Å². The van der Waals surface area contributed by atoms with Gasteiger partial charge in [-0.15, -0.1) is 0 Å². The number of hydrogen-bond acceptors (Lipinski definition) is 3. The highest BCUT2D eigenvalue weighted by Gasteiger charge is 2.49. The zero-order valence-corrected chi connectivity index (χ0v) is 11.2. The molecule has 2 aliphatic rings. The SMILES string of the molecule is Cc1ccccc1N1C(N)=NCC12CCCC2C. The summed E-state index contributed by atoms with van der Waals surface area (Å²) in [5, 5.41) is 0. The van der Waals surface area contributed by atoms with Gasteiger partial charge in [-0.2, -0.15) is 0 Å². The summed E-state index contributed by atoms with van der Waals surface area (Å²) in [5.74, 6) is 1.35. The molecule has 96 valence electrons. The van der Waals surface area contributed by atoms with Gasteiger partial charge in [0.25, 0.3) is 0 Å². The molecule has 1 spiro atoms. The van der Waals surface area contributed by atoms with E-state index in [9.17, 15) is 0 Å². The van der Waals surface area contributed by atoms with Gasteiger partial charge in [-0.25, -0.2) is 0 Å². The number of aliphatic imine (C=N–C) groups is 1. The van der Waals surface area contributed by atoms with E-state index < -0.39 is 0 Å². The molecule has 1 aliphatic heterocycles. The highest BCUT2D eigenvalue weighted by atomic mass is 15.4. The summed E-state index contributed by atoms with van der Waals surface area (Å²) < 4.78 is 0. The summed E-state index contributed by atoms with van der Waals surface area (Å²) in [5.41, 5.74) is 8.81. The Balaban J connectivity index is 2.08. The summed E-state index contributed by atoms with van der Waals surface area (Å²) in [4.78, 5) is 6.85. The molecule has 1 aromatic carbocycles. The van der Waals surface area contributed by atoms with Crippen LogP contribution in [0.4, 0.5) is 5.69 Å². The molecule has 1 heterocycles. The van der Waals surface area contributed by atoms with Crippen molar-refractivity contribution < 1.29 is 0 Å². The molecule has 1 aliphatic carbocycles. The highest BCUT2D eigenvalue weighted by molar-refractivity contribution is 5.99. The summed E-state index contributed by atoms with van der Waals surface area (Å²) in [7, 11) is 0. The average molecular weight is 243 g/mol. The molecule has 0 amide bonds. The maximum Gasteiger partial charge on any atom is 0.196 e. The van der Waals surface area contributed by atoms with Crippen molar-refractivity contribution in [3.05, 3.63) is 29.8 Å². The molecule has 0 radical (unpaired) electrons. The number of nitrogens with two attached hydrogens (primary N) is 1. The number of rotatable bonds is 1. The van der Waals surface area contributed by atoms with Gasteiger partial charge < -0.3 is 10.6 Å². The van der Waals surface area contributed by atoms with Crippen LogP contribution in [0.25, 0.3) is 0 Å². The van der Waals surface area contributed by atoms with Crippen LogP contribution < -0.4 is 10.6 Å². The van der Waals surface area contributed by atoms with Crippen LogP contribution >= 0.6 is 0 Å². The van der Waals surface area contributed by atoms with Crippen LogP contribution in [0, 0.1) is 12.8 Å². The fourth-order valence-corrected chi connectivity index (χ4v) is 3.56. The lowest BCUT2D eigenvalue weighted by atomic mass is 9.86. The summed E-state index contributed by atoms with van der Waals surface area (Å²) in [6.07, 6.45) is 3.77.